The molecule has 42 valence electrons. The van der Waals surface area contributed by atoms with Gasteiger partial charge < -0.3 is 5.01 Å². The Bertz CT molecular complexity index is 75.0. The van der Waals surface area contributed by atoms with Crippen LogP contribution in [0.15, 0.2) is 5.10 Å². The van der Waals surface area contributed by atoms with Gasteiger partial charge >= 0.3 is 0 Å². The summed E-state index contributed by atoms with van der Waals surface area (Å²) in [6.07, 6.45) is 0. The van der Waals surface area contributed by atoms with E-state index in [1.165, 1.54) is 0 Å². The summed E-state index contributed by atoms with van der Waals surface area (Å²) in [5, 5.41) is 5.55. The third-order valence-electron chi connectivity index (χ3n) is 0.276. The summed E-state index contributed by atoms with van der Waals surface area (Å²) in [5.74, 6) is 0. The highest BCUT2D eigenvalue weighted by molar-refractivity contribution is 9.39. The predicted octanol–water partition coefficient (Wildman–Crippen LogP) is 1.61. The Morgan fingerprint density at radius 3 is 1.86 bits per heavy atom. The van der Waals surface area contributed by atoms with Crippen molar-refractivity contribution in [3.8, 4) is 0 Å². The van der Waals surface area contributed by atoms with Gasteiger partial charge in [0.05, 0.1) is 0 Å². The molecule has 0 amide bonds. The first-order chi connectivity index (χ1) is 3.13. The van der Waals surface area contributed by atoms with Crippen molar-refractivity contribution in [2.24, 2.45) is 5.10 Å². The van der Waals surface area contributed by atoms with Crippen molar-refractivity contribution >= 4 is 35.4 Å². The molecule has 2 nitrogen and oxygen atoms in total. The molecule has 0 bridgehead atoms. The summed E-state index contributed by atoms with van der Waals surface area (Å²) >= 11 is 6.20. The first kappa shape index (κ1) is 7.43. The van der Waals surface area contributed by atoms with E-state index in [1.807, 2.05) is 14.1 Å². The van der Waals surface area contributed by atoms with Gasteiger partial charge in [-0.25, -0.2) is 0 Å². The van der Waals surface area contributed by atoms with Gasteiger partial charge in [0.1, 0.15) is 0 Å². The fourth-order valence-electron chi connectivity index (χ4n) is 0.151. The van der Waals surface area contributed by atoms with Crippen molar-refractivity contribution in [3.63, 3.8) is 0 Å². The fraction of sp³-hybridized carbons (Fsp3) is 0.667. The van der Waals surface area contributed by atoms with Crippen LogP contribution in [0.25, 0.3) is 0 Å². The Kier molecular flexibility index (Phi) is 3.65. The van der Waals surface area contributed by atoms with Crippen molar-refractivity contribution in [1.29, 1.82) is 0 Å². The van der Waals surface area contributed by atoms with Crippen LogP contribution in [0.1, 0.15) is 0 Å². The van der Waals surface area contributed by atoms with Gasteiger partial charge in [-0.3, -0.25) is 0 Å². The van der Waals surface area contributed by atoms with Gasteiger partial charge in [-0.15, -0.1) is 0 Å². The Morgan fingerprint density at radius 1 is 1.43 bits per heavy atom. The lowest BCUT2D eigenvalue weighted by molar-refractivity contribution is 0.441. The van der Waals surface area contributed by atoms with Gasteiger partial charge in [-0.2, -0.15) is 5.10 Å². The Morgan fingerprint density at radius 2 is 1.86 bits per heavy atom. The van der Waals surface area contributed by atoms with Gasteiger partial charge in [-0.1, -0.05) is 0 Å². The lowest BCUT2D eigenvalue weighted by atomic mass is 11.2. The quantitative estimate of drug-likeness (QED) is 0.493. The molecule has 0 radical (unpaired) electrons. The van der Waals surface area contributed by atoms with Crippen LogP contribution >= 0.6 is 31.9 Å². The normalized spacial score (nSPS) is 8.00. The Balaban J connectivity index is 3.45. The average molecular weight is 230 g/mol. The third-order valence-corrected chi connectivity index (χ3v) is 0.593. The van der Waals surface area contributed by atoms with Gasteiger partial charge in [0.25, 0.3) is 0 Å². The topological polar surface area (TPSA) is 15.6 Å². The lowest BCUT2D eigenvalue weighted by Crippen LogP contribution is -2.01. The van der Waals surface area contributed by atoms with E-state index < -0.39 is 0 Å². The van der Waals surface area contributed by atoms with E-state index in [-0.39, 0.29) is 0 Å². The van der Waals surface area contributed by atoms with Crippen LogP contribution in [0.3, 0.4) is 0 Å². The zero-order valence-electron chi connectivity index (χ0n) is 4.15. The van der Waals surface area contributed by atoms with Crippen molar-refractivity contribution in [3.05, 3.63) is 0 Å². The van der Waals surface area contributed by atoms with Crippen molar-refractivity contribution in [1.82, 2.24) is 5.01 Å². The maximum atomic E-state index is 3.86. The number of hydrazone groups is 1. The van der Waals surface area contributed by atoms with Gasteiger partial charge in [-0.05, 0) is 31.9 Å². The van der Waals surface area contributed by atoms with Gasteiger partial charge in [0, 0.05) is 14.1 Å². The molecule has 0 aromatic heterocycles. The summed E-state index contributed by atoms with van der Waals surface area (Å²) in [6, 6.07) is 0. The summed E-state index contributed by atoms with van der Waals surface area (Å²) in [4.78, 5) is 0. The van der Waals surface area contributed by atoms with Crippen LogP contribution in [0.4, 0.5) is 0 Å². The first-order valence-electron chi connectivity index (χ1n) is 1.70. The van der Waals surface area contributed by atoms with E-state index in [4.69, 9.17) is 0 Å². The molecule has 0 N–H and O–H groups in total. The zero-order valence-corrected chi connectivity index (χ0v) is 7.32. The van der Waals surface area contributed by atoms with E-state index >= 15 is 0 Å². The van der Waals surface area contributed by atoms with Crippen LogP contribution in [0, 0.1) is 0 Å². The standard InChI is InChI=1S/C3H6Br2N2/c1-7(2)6-3(4)5/h1-2H3. The second-order valence-electron chi connectivity index (χ2n) is 1.19. The summed E-state index contributed by atoms with van der Waals surface area (Å²) in [7, 11) is 3.70. The Hall–Kier alpha value is 0.430. The number of rotatable bonds is 1. The maximum absolute atomic E-state index is 3.86. The number of nitrogens with zero attached hydrogens (tertiary/aromatic N) is 2. The zero-order chi connectivity index (χ0) is 5.86. The van der Waals surface area contributed by atoms with Crippen LogP contribution < -0.4 is 0 Å². The number of halogens is 2. The second-order valence-corrected chi connectivity index (χ2v) is 3.75. The molecule has 0 aromatic carbocycles. The molecule has 0 aliphatic heterocycles. The summed E-state index contributed by atoms with van der Waals surface area (Å²) < 4.78 is 0.713. The molecule has 0 aromatic rings. The third kappa shape index (κ3) is 6.43. The largest absolute Gasteiger partial charge is 0.302 e. The fourth-order valence-corrected chi connectivity index (χ4v) is 0.786. The highest BCUT2D eigenvalue weighted by atomic mass is 79.9. The minimum absolute atomic E-state index is 0.713. The SMILES string of the molecule is CN(C)N=C(Br)Br. The van der Waals surface area contributed by atoms with Gasteiger partial charge in [0.15, 0.2) is 3.53 Å². The van der Waals surface area contributed by atoms with Crippen LogP contribution in [0.5, 0.6) is 0 Å². The molecule has 0 fully saturated rings. The van der Waals surface area contributed by atoms with Crippen molar-refractivity contribution < 1.29 is 0 Å². The summed E-state index contributed by atoms with van der Waals surface area (Å²) in [5.41, 5.74) is 0. The van der Waals surface area contributed by atoms with Gasteiger partial charge in [0.2, 0.25) is 0 Å². The van der Waals surface area contributed by atoms with Crippen LogP contribution in [0.2, 0.25) is 0 Å². The number of hydrogen-bond donors (Lipinski definition) is 0. The molecule has 0 atom stereocenters. The van der Waals surface area contributed by atoms with E-state index in [1.54, 1.807) is 5.01 Å². The highest BCUT2D eigenvalue weighted by Crippen LogP contribution is 1.97. The van der Waals surface area contributed by atoms with Crippen LogP contribution in [-0.2, 0) is 0 Å². The molecular formula is C3H6Br2N2. The molecule has 0 aliphatic rings. The molecule has 7 heavy (non-hydrogen) atoms. The second kappa shape index (κ2) is 3.43. The molecule has 0 spiro atoms. The predicted molar refractivity (Wildman–Crippen MR) is 39.0 cm³/mol. The molecule has 0 saturated carbocycles. The van der Waals surface area contributed by atoms with Crippen molar-refractivity contribution in [2.75, 3.05) is 14.1 Å². The summed E-state index contributed by atoms with van der Waals surface area (Å²) in [6.45, 7) is 0. The first-order valence-corrected chi connectivity index (χ1v) is 3.28. The smallest absolute Gasteiger partial charge is 0.168 e. The molecule has 0 heterocycles. The maximum Gasteiger partial charge on any atom is 0.168 e. The molecule has 4 heteroatoms. The van der Waals surface area contributed by atoms with E-state index in [9.17, 15) is 0 Å². The van der Waals surface area contributed by atoms with E-state index in [0.29, 0.717) is 3.53 Å². The minimum Gasteiger partial charge on any atom is -0.302 e. The van der Waals surface area contributed by atoms with E-state index in [0.717, 1.165) is 0 Å². The molecule has 0 unspecified atom stereocenters. The molecule has 0 saturated heterocycles. The lowest BCUT2D eigenvalue weighted by Gasteiger charge is -2.00. The molecule has 0 aliphatic carbocycles. The monoisotopic (exact) mass is 228 g/mol. The van der Waals surface area contributed by atoms with E-state index in [2.05, 4.69) is 37.0 Å². The molecule has 0 rings (SSSR count). The van der Waals surface area contributed by atoms with Crippen molar-refractivity contribution in [2.45, 2.75) is 0 Å². The highest BCUT2D eigenvalue weighted by Gasteiger charge is 1.80. The van der Waals surface area contributed by atoms with Crippen LogP contribution in [-0.4, -0.2) is 22.6 Å². The Labute approximate surface area is 59.8 Å². The number of hydrogen-bond acceptors (Lipinski definition) is 2. The average Bonchev–Trinajstić information content (AvgIpc) is 1.27. The minimum atomic E-state index is 0.713. The molecular weight excluding hydrogens is 224 g/mol.